The standard InChI is InChI=1S/C22H20Cl2FN3O4.C22H22ClFN4O4.C19H18ClFN4O4/c1-22(2)31-17-16(15-11-4-3-10(23)7-13(11)14(25)8-29-15)30-21(18(17)32-22)28-6-5-12-19(24)26-9-27-20(12)28;1-22(2)31-17-16(15-11-4-3-10(23)7-13(11)14(24)8-29-15)30-21(18(17)32-22)28-6-5-12-19(25)26-9-27-20(12)28;20-8-1-2-9-11(5-8)12(21)6-28-15(9)16-13(26)14(27)19(29-16)25-4-3-10-17(22)23-7-24-18(10)25/h3-7,9,14-18,21H,8H2,1-2H3;3-7,9,14-18,21H,8H2,1-2H3,(H2,25,26,27);1-5,7,12-16,19,26-27H,6H2,(H2,22,23,24)/t2*14-,15+,16+,17+,18+,21+;12-,13-,14+,15+,16-,19+/m000/s1. The Morgan fingerprint density at radius 1 is 0.430 bits per heavy atom. The van der Waals surface area contributed by atoms with Crippen LogP contribution in [0.25, 0.3) is 33.1 Å². The lowest BCUT2D eigenvalue weighted by atomic mass is 9.91. The number of hydrogen-bond acceptors (Lipinski definition) is 20. The summed E-state index contributed by atoms with van der Waals surface area (Å²) in [6.45, 7) is 7.08. The number of rotatable bonds is 6. The van der Waals surface area contributed by atoms with E-state index in [4.69, 9.17) is 105 Å². The number of nitrogen functional groups attached to an aromatic ring is 2. The zero-order chi connectivity index (χ0) is 64.7. The number of hydrogen-bond donors (Lipinski definition) is 4. The SMILES string of the molecule is CC1(C)O[C@H]2[C@@H](O1)[C@H](n1ccc3c(Cl)ncnc31)O[C@@H]2[C@@H]1OC[C@H](F)c2cc(Cl)ccc21.CC1(C)O[C@H]2[C@@H](O1)[C@H](n1ccc3c(N)ncnc31)O[C@@H]2[C@@H]1OC[C@H](F)c2cc(Cl)ccc21.Nc1ncnc2c1ccn2[C@@H]1O[C@H]([C@@H]2OC[C@H](F)c3cc(Cl)ccc32)[C@@H](O)[C@H]1O. The molecule has 0 bridgehead atoms. The number of anilines is 2. The predicted octanol–water partition coefficient (Wildman–Crippen LogP) is 10.9. The van der Waals surface area contributed by atoms with Crippen molar-refractivity contribution in [1.29, 1.82) is 0 Å². The van der Waals surface area contributed by atoms with Crippen molar-refractivity contribution in [2.75, 3.05) is 31.3 Å². The lowest BCUT2D eigenvalue weighted by Gasteiger charge is -2.34. The van der Waals surface area contributed by atoms with Gasteiger partial charge in [0.25, 0.3) is 0 Å². The molecular formula is C63H60Cl4F3N11O12. The van der Waals surface area contributed by atoms with Crippen LogP contribution in [0.3, 0.4) is 0 Å². The predicted molar refractivity (Wildman–Crippen MR) is 330 cm³/mol. The molecule has 0 unspecified atom stereocenters. The quantitative estimate of drug-likeness (QED) is 0.113. The number of ether oxygens (including phenoxy) is 10. The molecule has 6 aromatic heterocycles. The van der Waals surface area contributed by atoms with Gasteiger partial charge in [0, 0.05) is 33.7 Å². The Bertz CT molecular complexity index is 4160. The first-order valence-corrected chi connectivity index (χ1v) is 31.4. The van der Waals surface area contributed by atoms with Gasteiger partial charge in [-0.3, -0.25) is 0 Å². The summed E-state index contributed by atoms with van der Waals surface area (Å²) in [6.07, 6.45) is -4.41. The van der Waals surface area contributed by atoms with Crippen LogP contribution in [0.4, 0.5) is 24.8 Å². The lowest BCUT2D eigenvalue weighted by Crippen LogP contribution is -2.38. The molecule has 0 aliphatic carbocycles. The monoisotopic (exact) mass is 1360 g/mol. The van der Waals surface area contributed by atoms with Crippen molar-refractivity contribution >= 4 is 91.1 Å². The fourth-order valence-electron chi connectivity index (χ4n) is 14.0. The molecule has 0 radical (unpaired) electrons. The molecule has 3 aromatic carbocycles. The molecule has 17 rings (SSSR count). The first-order valence-electron chi connectivity index (χ1n) is 29.9. The average Bonchev–Trinajstić information content (AvgIpc) is 1.60. The van der Waals surface area contributed by atoms with E-state index in [1.54, 1.807) is 71.4 Å². The number of aliphatic hydroxyl groups is 2. The van der Waals surface area contributed by atoms with Crippen molar-refractivity contribution in [3.63, 3.8) is 0 Å². The highest BCUT2D eigenvalue weighted by atomic mass is 35.5. The Kier molecular flexibility index (Phi) is 16.2. The molecule has 6 N–H and O–H groups in total. The van der Waals surface area contributed by atoms with Crippen molar-refractivity contribution in [2.24, 2.45) is 0 Å². The topological polar surface area (TPSA) is 277 Å². The summed E-state index contributed by atoms with van der Waals surface area (Å²) < 4.78 is 110. The van der Waals surface area contributed by atoms with E-state index in [9.17, 15) is 23.4 Å². The van der Waals surface area contributed by atoms with Crippen LogP contribution in [0.2, 0.25) is 20.2 Å². The van der Waals surface area contributed by atoms with E-state index in [2.05, 4.69) is 29.9 Å². The number of halogens is 7. The molecule has 0 spiro atoms. The van der Waals surface area contributed by atoms with Gasteiger partial charge in [0.1, 0.15) is 144 Å². The Morgan fingerprint density at radius 2 is 0.785 bits per heavy atom. The summed E-state index contributed by atoms with van der Waals surface area (Å²) in [7, 11) is 0. The van der Waals surface area contributed by atoms with Gasteiger partial charge in [0.05, 0.1) is 36.0 Å². The summed E-state index contributed by atoms with van der Waals surface area (Å²) in [4.78, 5) is 25.0. The summed E-state index contributed by atoms with van der Waals surface area (Å²) in [5.74, 6) is -0.939. The number of benzene rings is 3. The molecule has 9 aromatic rings. The molecule has 5 saturated heterocycles. The number of nitrogens with zero attached hydrogens (tertiary/aromatic N) is 9. The molecule has 18 atom stereocenters. The second kappa shape index (κ2) is 24.0. The van der Waals surface area contributed by atoms with E-state index in [1.165, 1.54) is 19.0 Å². The summed E-state index contributed by atoms with van der Waals surface area (Å²) >= 11 is 24.5. The number of nitrogens with two attached hydrogens (primary N) is 2. The fourth-order valence-corrected chi connectivity index (χ4v) is 14.7. The van der Waals surface area contributed by atoms with Crippen LogP contribution in [0.1, 0.15) is 117 Å². The normalized spacial score (nSPS) is 32.9. The molecule has 8 aliphatic rings. The molecule has 14 heterocycles. The maximum atomic E-state index is 14.6. The number of aliphatic hydroxyl groups excluding tert-OH is 2. The van der Waals surface area contributed by atoms with E-state index in [-0.39, 0.29) is 19.8 Å². The van der Waals surface area contributed by atoms with E-state index in [1.807, 2.05) is 61.4 Å². The highest BCUT2D eigenvalue weighted by molar-refractivity contribution is 6.34. The molecule has 93 heavy (non-hydrogen) atoms. The van der Waals surface area contributed by atoms with Gasteiger partial charge in [-0.05, 0) is 116 Å². The third-order valence-corrected chi connectivity index (χ3v) is 19.0. The second-order valence-corrected chi connectivity index (χ2v) is 26.3. The molecule has 0 amide bonds. The lowest BCUT2D eigenvalue weighted by molar-refractivity contribution is -0.214. The van der Waals surface area contributed by atoms with Crippen molar-refractivity contribution in [1.82, 2.24) is 43.6 Å². The Morgan fingerprint density at radius 3 is 1.22 bits per heavy atom. The van der Waals surface area contributed by atoms with E-state index < -0.39 is 122 Å². The highest BCUT2D eigenvalue weighted by Gasteiger charge is 2.61. The summed E-state index contributed by atoms with van der Waals surface area (Å²) in [5, 5.41) is 25.2. The Labute approximate surface area is 547 Å². The van der Waals surface area contributed by atoms with E-state index in [0.717, 1.165) is 5.39 Å². The molecule has 0 saturated carbocycles. The molecule has 30 heteroatoms. The minimum Gasteiger partial charge on any atom is -0.387 e. The fraction of sp³-hybridized carbons (Fsp3) is 0.429. The van der Waals surface area contributed by atoms with Crippen LogP contribution in [-0.2, 0) is 47.4 Å². The minimum absolute atomic E-state index is 0.0830. The van der Waals surface area contributed by atoms with Crippen LogP contribution in [0.15, 0.2) is 110 Å². The van der Waals surface area contributed by atoms with Crippen LogP contribution >= 0.6 is 46.4 Å². The minimum atomic E-state index is -1.33. The largest absolute Gasteiger partial charge is 0.387 e. The first-order chi connectivity index (χ1) is 44.6. The van der Waals surface area contributed by atoms with Gasteiger partial charge < -0.3 is 82.8 Å². The van der Waals surface area contributed by atoms with Gasteiger partial charge in [-0.2, -0.15) is 0 Å². The summed E-state index contributed by atoms with van der Waals surface area (Å²) in [6, 6.07) is 20.6. The maximum absolute atomic E-state index is 14.6. The molecule has 488 valence electrons. The number of fused-ring (bicyclic) bond motifs is 8. The zero-order valence-electron chi connectivity index (χ0n) is 49.7. The van der Waals surface area contributed by atoms with Crippen LogP contribution in [0, 0.1) is 0 Å². The van der Waals surface area contributed by atoms with Gasteiger partial charge in [-0.1, -0.05) is 64.6 Å². The van der Waals surface area contributed by atoms with Gasteiger partial charge in [-0.25, -0.2) is 43.1 Å². The van der Waals surface area contributed by atoms with Gasteiger partial charge in [0.15, 0.2) is 30.3 Å². The van der Waals surface area contributed by atoms with Crippen LogP contribution in [0.5, 0.6) is 0 Å². The zero-order valence-corrected chi connectivity index (χ0v) is 52.7. The highest BCUT2D eigenvalue weighted by Crippen LogP contribution is 2.53. The van der Waals surface area contributed by atoms with Crippen molar-refractivity contribution < 1.29 is 70.8 Å². The summed E-state index contributed by atoms with van der Waals surface area (Å²) in [5.41, 5.74) is 17.0. The number of alkyl halides is 3. The van der Waals surface area contributed by atoms with E-state index >= 15 is 0 Å². The molecule has 5 fully saturated rings. The third kappa shape index (κ3) is 11.1. The van der Waals surface area contributed by atoms with Crippen molar-refractivity contribution in [3.8, 4) is 0 Å². The Balaban J connectivity index is 0.000000116. The second-order valence-electron chi connectivity index (χ2n) is 24.6. The van der Waals surface area contributed by atoms with Crippen LogP contribution in [-0.4, -0.2) is 140 Å². The smallest absolute Gasteiger partial charge is 0.164 e. The number of aromatic nitrogens is 9. The Hall–Kier alpha value is -6.41. The molecule has 23 nitrogen and oxygen atoms in total. The van der Waals surface area contributed by atoms with Crippen molar-refractivity contribution in [2.45, 2.75) is 150 Å². The first kappa shape index (κ1) is 62.7. The van der Waals surface area contributed by atoms with E-state index in [0.29, 0.717) is 93.0 Å². The van der Waals surface area contributed by atoms with Crippen molar-refractivity contribution in [3.05, 3.63) is 164 Å². The van der Waals surface area contributed by atoms with Gasteiger partial charge in [-0.15, -0.1) is 0 Å². The van der Waals surface area contributed by atoms with Gasteiger partial charge in [0.2, 0.25) is 0 Å². The maximum Gasteiger partial charge on any atom is 0.164 e. The molecular weight excluding hydrogens is 1300 g/mol. The molecule has 8 aliphatic heterocycles. The van der Waals surface area contributed by atoms with Crippen LogP contribution < -0.4 is 11.5 Å². The average molecular weight is 1360 g/mol. The third-order valence-electron chi connectivity index (χ3n) is 18.0. The van der Waals surface area contributed by atoms with Gasteiger partial charge >= 0.3 is 0 Å².